The number of ketones is 1. The molecule has 2 rings (SSSR count). The van der Waals surface area contributed by atoms with Gasteiger partial charge in [-0.1, -0.05) is 0 Å². The summed E-state index contributed by atoms with van der Waals surface area (Å²) >= 11 is 0. The minimum Gasteiger partial charge on any atom is -0.482 e. The Kier molecular flexibility index (Phi) is 3.50. The Balaban J connectivity index is 2.35. The number of anilines is 1. The molecule has 19 heavy (non-hydrogen) atoms. The van der Waals surface area contributed by atoms with Crippen LogP contribution in [-0.4, -0.2) is 35.9 Å². The zero-order valence-corrected chi connectivity index (χ0v) is 10.4. The molecule has 0 aromatic heterocycles. The van der Waals surface area contributed by atoms with Crippen LogP contribution in [0.5, 0.6) is 5.75 Å². The highest BCUT2D eigenvalue weighted by atomic mass is 16.5. The first kappa shape index (κ1) is 13.1. The number of hydrogen-bond donors (Lipinski definition) is 1. The third-order valence-electron chi connectivity index (χ3n) is 2.86. The number of benzene rings is 1. The monoisotopic (exact) mass is 263 g/mol. The van der Waals surface area contributed by atoms with Gasteiger partial charge < -0.3 is 14.7 Å². The molecule has 0 saturated heterocycles. The molecule has 1 heterocycles. The lowest BCUT2D eigenvalue weighted by atomic mass is 10.1. The second-order valence-corrected chi connectivity index (χ2v) is 4.22. The summed E-state index contributed by atoms with van der Waals surface area (Å²) in [6.07, 6.45) is -0.157. The number of amides is 1. The standard InChI is InChI=1S/C13H13NO5/c1-8(15)9-2-3-11-10(6-9)14(5-4-13(17)18)12(16)7-19-11/h2-3,6H,4-5,7H2,1H3,(H,17,18). The van der Waals surface area contributed by atoms with Crippen molar-refractivity contribution in [1.29, 1.82) is 0 Å². The van der Waals surface area contributed by atoms with Crippen molar-refractivity contribution in [3.63, 3.8) is 0 Å². The maximum absolute atomic E-state index is 11.8. The average molecular weight is 263 g/mol. The Hall–Kier alpha value is -2.37. The van der Waals surface area contributed by atoms with Gasteiger partial charge in [-0.15, -0.1) is 0 Å². The zero-order chi connectivity index (χ0) is 14.0. The van der Waals surface area contributed by atoms with Crippen LogP contribution in [0.15, 0.2) is 18.2 Å². The summed E-state index contributed by atoms with van der Waals surface area (Å²) in [5, 5.41) is 8.70. The van der Waals surface area contributed by atoms with Crippen LogP contribution in [0, 0.1) is 0 Å². The van der Waals surface area contributed by atoms with Gasteiger partial charge in [0.15, 0.2) is 12.4 Å². The van der Waals surface area contributed by atoms with E-state index in [9.17, 15) is 14.4 Å². The van der Waals surface area contributed by atoms with Crippen LogP contribution >= 0.6 is 0 Å². The van der Waals surface area contributed by atoms with Gasteiger partial charge in [0.2, 0.25) is 0 Å². The van der Waals surface area contributed by atoms with Crippen molar-refractivity contribution in [2.45, 2.75) is 13.3 Å². The Labute approximate surface area is 109 Å². The Bertz CT molecular complexity index is 552. The molecular formula is C13H13NO5. The molecule has 6 nitrogen and oxygen atoms in total. The Morgan fingerprint density at radius 2 is 2.16 bits per heavy atom. The van der Waals surface area contributed by atoms with Gasteiger partial charge in [0.25, 0.3) is 5.91 Å². The molecule has 0 fully saturated rings. The van der Waals surface area contributed by atoms with Crippen molar-refractivity contribution < 1.29 is 24.2 Å². The van der Waals surface area contributed by atoms with E-state index >= 15 is 0 Å². The second kappa shape index (κ2) is 5.09. The molecule has 6 heteroatoms. The molecular weight excluding hydrogens is 250 g/mol. The normalized spacial score (nSPS) is 13.7. The Morgan fingerprint density at radius 1 is 1.42 bits per heavy atom. The van der Waals surface area contributed by atoms with E-state index in [0.717, 1.165) is 0 Å². The predicted octanol–water partition coefficient (Wildman–Crippen LogP) is 1.09. The summed E-state index contributed by atoms with van der Waals surface area (Å²) < 4.78 is 5.26. The number of Topliss-reactive ketones (excluding diaryl/α,β-unsaturated/α-hetero) is 1. The first-order valence-corrected chi connectivity index (χ1v) is 5.79. The van der Waals surface area contributed by atoms with Crippen molar-refractivity contribution in [2.24, 2.45) is 0 Å². The summed E-state index contributed by atoms with van der Waals surface area (Å²) in [5.74, 6) is -0.938. The molecule has 1 amide bonds. The van der Waals surface area contributed by atoms with Crippen molar-refractivity contribution >= 4 is 23.3 Å². The molecule has 100 valence electrons. The fraction of sp³-hybridized carbons (Fsp3) is 0.308. The number of carboxylic acids is 1. The van der Waals surface area contributed by atoms with Crippen molar-refractivity contribution in [3.05, 3.63) is 23.8 Å². The van der Waals surface area contributed by atoms with Gasteiger partial charge in [0.05, 0.1) is 12.1 Å². The quantitative estimate of drug-likeness (QED) is 0.822. The van der Waals surface area contributed by atoms with E-state index in [4.69, 9.17) is 9.84 Å². The summed E-state index contributed by atoms with van der Waals surface area (Å²) in [7, 11) is 0. The molecule has 1 aromatic carbocycles. The van der Waals surface area contributed by atoms with Crippen LogP contribution in [0.2, 0.25) is 0 Å². The van der Waals surface area contributed by atoms with Crippen LogP contribution in [0.3, 0.4) is 0 Å². The van der Waals surface area contributed by atoms with E-state index in [2.05, 4.69) is 0 Å². The smallest absolute Gasteiger partial charge is 0.305 e. The molecule has 0 aliphatic carbocycles. The van der Waals surface area contributed by atoms with Crippen molar-refractivity contribution in [3.8, 4) is 5.75 Å². The third kappa shape index (κ3) is 2.73. The molecule has 0 unspecified atom stereocenters. The second-order valence-electron chi connectivity index (χ2n) is 4.22. The zero-order valence-electron chi connectivity index (χ0n) is 10.4. The van der Waals surface area contributed by atoms with Crippen LogP contribution in [0.4, 0.5) is 5.69 Å². The molecule has 1 aliphatic rings. The highest BCUT2D eigenvalue weighted by Gasteiger charge is 2.26. The summed E-state index contributed by atoms with van der Waals surface area (Å²) in [4.78, 5) is 35.1. The van der Waals surface area contributed by atoms with Crippen molar-refractivity contribution in [2.75, 3.05) is 18.1 Å². The van der Waals surface area contributed by atoms with E-state index in [0.29, 0.717) is 17.0 Å². The number of fused-ring (bicyclic) bond motifs is 1. The topological polar surface area (TPSA) is 83.9 Å². The van der Waals surface area contributed by atoms with Crippen LogP contribution in [0.1, 0.15) is 23.7 Å². The molecule has 0 spiro atoms. The van der Waals surface area contributed by atoms with Crippen LogP contribution in [-0.2, 0) is 9.59 Å². The molecule has 0 atom stereocenters. The average Bonchev–Trinajstić information content (AvgIpc) is 2.36. The number of rotatable bonds is 4. The van der Waals surface area contributed by atoms with E-state index in [1.807, 2.05) is 0 Å². The van der Waals surface area contributed by atoms with E-state index in [1.165, 1.54) is 11.8 Å². The van der Waals surface area contributed by atoms with E-state index < -0.39 is 5.97 Å². The number of nitrogens with zero attached hydrogens (tertiary/aromatic N) is 1. The lowest BCUT2D eigenvalue weighted by Gasteiger charge is -2.29. The molecule has 1 aromatic rings. The molecule has 0 saturated carbocycles. The lowest BCUT2D eigenvalue weighted by molar-refractivity contribution is -0.136. The Morgan fingerprint density at radius 3 is 2.79 bits per heavy atom. The van der Waals surface area contributed by atoms with Gasteiger partial charge in [0.1, 0.15) is 5.75 Å². The molecule has 0 bridgehead atoms. The maximum atomic E-state index is 11.8. The van der Waals surface area contributed by atoms with Crippen LogP contribution in [0.25, 0.3) is 0 Å². The third-order valence-corrected chi connectivity index (χ3v) is 2.86. The van der Waals surface area contributed by atoms with Gasteiger partial charge in [-0.05, 0) is 25.1 Å². The van der Waals surface area contributed by atoms with Gasteiger partial charge in [-0.2, -0.15) is 0 Å². The molecule has 1 aliphatic heterocycles. The van der Waals surface area contributed by atoms with Gasteiger partial charge in [0, 0.05) is 12.1 Å². The van der Waals surface area contributed by atoms with E-state index in [1.54, 1.807) is 18.2 Å². The van der Waals surface area contributed by atoms with Gasteiger partial charge in [-0.3, -0.25) is 14.4 Å². The number of ether oxygens (including phenoxy) is 1. The number of carbonyl (C=O) groups is 3. The largest absolute Gasteiger partial charge is 0.482 e. The minimum atomic E-state index is -0.983. The molecule has 1 N–H and O–H groups in total. The van der Waals surface area contributed by atoms with Gasteiger partial charge in [-0.25, -0.2) is 0 Å². The van der Waals surface area contributed by atoms with Crippen LogP contribution < -0.4 is 9.64 Å². The molecule has 0 radical (unpaired) electrons. The summed E-state index contributed by atoms with van der Waals surface area (Å²) in [5.41, 5.74) is 0.905. The number of carbonyl (C=O) groups excluding carboxylic acids is 2. The lowest BCUT2D eigenvalue weighted by Crippen LogP contribution is -2.40. The summed E-state index contributed by atoms with van der Waals surface area (Å²) in [6.45, 7) is 1.37. The van der Waals surface area contributed by atoms with E-state index in [-0.39, 0.29) is 31.3 Å². The first-order valence-electron chi connectivity index (χ1n) is 5.79. The first-order chi connectivity index (χ1) is 8.99. The highest BCUT2D eigenvalue weighted by Crippen LogP contribution is 2.33. The number of aliphatic carboxylic acids is 1. The van der Waals surface area contributed by atoms with Gasteiger partial charge >= 0.3 is 5.97 Å². The SMILES string of the molecule is CC(=O)c1ccc2c(c1)N(CCC(=O)O)C(=O)CO2. The summed E-state index contributed by atoms with van der Waals surface area (Å²) in [6, 6.07) is 4.79. The van der Waals surface area contributed by atoms with Crippen molar-refractivity contribution in [1.82, 2.24) is 0 Å². The fourth-order valence-electron chi connectivity index (χ4n) is 1.87. The maximum Gasteiger partial charge on any atom is 0.305 e. The predicted molar refractivity (Wildman–Crippen MR) is 66.5 cm³/mol. The number of carboxylic acid groups (broad SMARTS) is 1. The number of hydrogen-bond acceptors (Lipinski definition) is 4. The fourth-order valence-corrected chi connectivity index (χ4v) is 1.87. The minimum absolute atomic E-state index is 0.0614. The highest BCUT2D eigenvalue weighted by molar-refractivity contribution is 6.01.